The van der Waals surface area contributed by atoms with Crippen molar-refractivity contribution >= 4 is 27.5 Å². The lowest BCUT2D eigenvalue weighted by atomic mass is 9.97. The zero-order valence-corrected chi connectivity index (χ0v) is 12.5. The minimum absolute atomic E-state index is 0.0611. The predicted octanol–water partition coefficient (Wildman–Crippen LogP) is 2.05. The number of nitro groups is 1. The first-order valence-electron chi connectivity index (χ1n) is 6.42. The van der Waals surface area contributed by atoms with Gasteiger partial charge in [-0.3, -0.25) is 19.8 Å². The maximum absolute atomic E-state index is 11.2. The van der Waals surface area contributed by atoms with E-state index in [0.29, 0.717) is 17.6 Å². The Morgan fingerprint density at radius 2 is 2.30 bits per heavy atom. The normalized spacial score (nSPS) is 19.8. The number of halogens is 1. The first-order chi connectivity index (χ1) is 9.47. The van der Waals surface area contributed by atoms with Crippen LogP contribution >= 0.6 is 15.9 Å². The van der Waals surface area contributed by atoms with Crippen LogP contribution in [-0.4, -0.2) is 28.8 Å². The van der Waals surface area contributed by atoms with Crippen molar-refractivity contribution in [2.24, 2.45) is 11.7 Å². The Hall–Kier alpha value is -1.47. The van der Waals surface area contributed by atoms with Crippen LogP contribution in [0.15, 0.2) is 22.7 Å². The fourth-order valence-electron chi connectivity index (χ4n) is 2.49. The third-order valence-electron chi connectivity index (χ3n) is 3.52. The average Bonchev–Trinajstić information content (AvgIpc) is 2.41. The van der Waals surface area contributed by atoms with E-state index >= 15 is 0 Å². The summed E-state index contributed by atoms with van der Waals surface area (Å²) in [6.07, 6.45) is 1.75. The largest absolute Gasteiger partial charge is 0.369 e. The number of likely N-dealkylation sites (tertiary alicyclic amines) is 1. The second kappa shape index (κ2) is 6.32. The standard InChI is InChI=1S/C13H16BrN3O3/c14-11-4-3-9(6-12(11)17(19)20)7-16-5-1-2-10(8-16)13(15)18/h3-4,6,10H,1-2,5,7-8H2,(H2,15,18). The Morgan fingerprint density at radius 3 is 2.95 bits per heavy atom. The molecule has 1 aliphatic heterocycles. The Kier molecular flexibility index (Phi) is 4.72. The molecule has 2 rings (SSSR count). The summed E-state index contributed by atoms with van der Waals surface area (Å²) in [5.41, 5.74) is 6.27. The van der Waals surface area contributed by atoms with E-state index in [-0.39, 0.29) is 17.5 Å². The van der Waals surface area contributed by atoms with Gasteiger partial charge in [0.2, 0.25) is 5.91 Å². The Morgan fingerprint density at radius 1 is 1.55 bits per heavy atom. The van der Waals surface area contributed by atoms with Gasteiger partial charge in [0.25, 0.3) is 5.69 Å². The van der Waals surface area contributed by atoms with E-state index in [4.69, 9.17) is 5.73 Å². The summed E-state index contributed by atoms with van der Waals surface area (Å²) in [5, 5.41) is 10.9. The fourth-order valence-corrected chi connectivity index (χ4v) is 2.88. The summed E-state index contributed by atoms with van der Waals surface area (Å²) in [6, 6.07) is 5.10. The molecule has 2 N–H and O–H groups in total. The van der Waals surface area contributed by atoms with Crippen LogP contribution in [0, 0.1) is 16.0 Å². The van der Waals surface area contributed by atoms with Crippen LogP contribution in [0.5, 0.6) is 0 Å². The molecule has 1 amide bonds. The molecule has 1 aliphatic rings. The average molecular weight is 342 g/mol. The van der Waals surface area contributed by atoms with Gasteiger partial charge in [0.1, 0.15) is 0 Å². The number of carbonyl (C=O) groups is 1. The second-order valence-corrected chi connectivity index (χ2v) is 5.87. The van der Waals surface area contributed by atoms with Gasteiger partial charge >= 0.3 is 0 Å². The lowest BCUT2D eigenvalue weighted by molar-refractivity contribution is -0.385. The van der Waals surface area contributed by atoms with Crippen molar-refractivity contribution in [3.8, 4) is 0 Å². The number of nitrogens with two attached hydrogens (primary N) is 1. The van der Waals surface area contributed by atoms with Crippen molar-refractivity contribution in [1.82, 2.24) is 4.90 Å². The molecule has 0 bridgehead atoms. The number of primary amides is 1. The van der Waals surface area contributed by atoms with E-state index in [1.165, 1.54) is 0 Å². The van der Waals surface area contributed by atoms with Gasteiger partial charge in [-0.15, -0.1) is 0 Å². The molecule has 20 heavy (non-hydrogen) atoms. The zero-order valence-electron chi connectivity index (χ0n) is 10.9. The van der Waals surface area contributed by atoms with Gasteiger partial charge < -0.3 is 5.73 Å². The number of carbonyl (C=O) groups excluding carboxylic acids is 1. The molecule has 0 aliphatic carbocycles. The van der Waals surface area contributed by atoms with Crippen molar-refractivity contribution in [1.29, 1.82) is 0 Å². The lowest BCUT2D eigenvalue weighted by Crippen LogP contribution is -2.40. The van der Waals surface area contributed by atoms with E-state index in [1.807, 2.05) is 6.07 Å². The van der Waals surface area contributed by atoms with Crippen molar-refractivity contribution in [3.05, 3.63) is 38.3 Å². The number of piperidine rings is 1. The van der Waals surface area contributed by atoms with Gasteiger partial charge in [0.05, 0.1) is 15.3 Å². The quantitative estimate of drug-likeness (QED) is 0.670. The summed E-state index contributed by atoms with van der Waals surface area (Å²) >= 11 is 3.17. The molecular formula is C13H16BrN3O3. The third-order valence-corrected chi connectivity index (χ3v) is 4.19. The van der Waals surface area contributed by atoms with Gasteiger partial charge in [-0.05, 0) is 46.9 Å². The summed E-state index contributed by atoms with van der Waals surface area (Å²) < 4.78 is 0.472. The predicted molar refractivity (Wildman–Crippen MR) is 78.0 cm³/mol. The van der Waals surface area contributed by atoms with Crippen LogP contribution in [0.1, 0.15) is 18.4 Å². The van der Waals surface area contributed by atoms with Crippen LogP contribution in [0.3, 0.4) is 0 Å². The number of hydrogen-bond donors (Lipinski definition) is 1. The summed E-state index contributed by atoms with van der Waals surface area (Å²) in [5.74, 6) is -0.384. The van der Waals surface area contributed by atoms with Crippen LogP contribution in [0.2, 0.25) is 0 Å². The van der Waals surface area contributed by atoms with Crippen LogP contribution in [0.4, 0.5) is 5.69 Å². The van der Waals surface area contributed by atoms with E-state index in [1.54, 1.807) is 12.1 Å². The molecule has 0 radical (unpaired) electrons. The molecule has 1 fully saturated rings. The number of nitro benzene ring substituents is 1. The topological polar surface area (TPSA) is 89.5 Å². The Bertz CT molecular complexity index is 536. The molecule has 1 aromatic rings. The molecule has 0 saturated carbocycles. The smallest absolute Gasteiger partial charge is 0.283 e. The molecule has 6 nitrogen and oxygen atoms in total. The summed E-state index contributed by atoms with van der Waals surface area (Å²) in [4.78, 5) is 23.9. The highest BCUT2D eigenvalue weighted by atomic mass is 79.9. The Balaban J connectivity index is 2.08. The molecule has 1 aromatic carbocycles. The number of rotatable bonds is 4. The SMILES string of the molecule is NC(=O)C1CCCN(Cc2ccc(Br)c([N+](=O)[O-])c2)C1. The third kappa shape index (κ3) is 3.55. The first-order valence-corrected chi connectivity index (χ1v) is 7.21. The van der Waals surface area contributed by atoms with Crippen LogP contribution < -0.4 is 5.73 Å². The van der Waals surface area contributed by atoms with E-state index < -0.39 is 4.92 Å². The van der Waals surface area contributed by atoms with E-state index in [9.17, 15) is 14.9 Å². The summed E-state index contributed by atoms with van der Waals surface area (Å²) in [6.45, 7) is 2.10. The summed E-state index contributed by atoms with van der Waals surface area (Å²) in [7, 11) is 0. The second-order valence-electron chi connectivity index (χ2n) is 5.02. The molecule has 1 unspecified atom stereocenters. The molecule has 1 saturated heterocycles. The minimum Gasteiger partial charge on any atom is -0.369 e. The highest BCUT2D eigenvalue weighted by Crippen LogP contribution is 2.27. The highest BCUT2D eigenvalue weighted by Gasteiger charge is 2.24. The maximum atomic E-state index is 11.2. The zero-order chi connectivity index (χ0) is 14.7. The number of benzene rings is 1. The molecule has 0 spiro atoms. The molecule has 7 heteroatoms. The van der Waals surface area contributed by atoms with Gasteiger partial charge in [-0.25, -0.2) is 0 Å². The highest BCUT2D eigenvalue weighted by molar-refractivity contribution is 9.10. The van der Waals surface area contributed by atoms with Gasteiger partial charge in [0, 0.05) is 19.2 Å². The number of amides is 1. The monoisotopic (exact) mass is 341 g/mol. The van der Waals surface area contributed by atoms with Gasteiger partial charge in [0.15, 0.2) is 0 Å². The molecular weight excluding hydrogens is 326 g/mol. The minimum atomic E-state index is -0.407. The van der Waals surface area contributed by atoms with E-state index in [2.05, 4.69) is 20.8 Å². The molecule has 1 heterocycles. The number of nitrogens with zero attached hydrogens (tertiary/aromatic N) is 2. The fraction of sp³-hybridized carbons (Fsp3) is 0.462. The van der Waals surface area contributed by atoms with Crippen molar-refractivity contribution in [3.63, 3.8) is 0 Å². The molecule has 108 valence electrons. The van der Waals surface area contributed by atoms with Crippen molar-refractivity contribution in [2.45, 2.75) is 19.4 Å². The lowest BCUT2D eigenvalue weighted by Gasteiger charge is -2.31. The molecule has 0 aromatic heterocycles. The Labute approximate surface area is 125 Å². The van der Waals surface area contributed by atoms with Crippen LogP contribution in [-0.2, 0) is 11.3 Å². The van der Waals surface area contributed by atoms with E-state index in [0.717, 1.165) is 24.9 Å². The molecule has 1 atom stereocenters. The van der Waals surface area contributed by atoms with Crippen molar-refractivity contribution in [2.75, 3.05) is 13.1 Å². The van der Waals surface area contributed by atoms with Gasteiger partial charge in [-0.2, -0.15) is 0 Å². The number of hydrogen-bond acceptors (Lipinski definition) is 4. The first kappa shape index (κ1) is 14.9. The van der Waals surface area contributed by atoms with Gasteiger partial charge in [-0.1, -0.05) is 6.07 Å². The van der Waals surface area contributed by atoms with Crippen LogP contribution in [0.25, 0.3) is 0 Å². The van der Waals surface area contributed by atoms with Crippen molar-refractivity contribution < 1.29 is 9.72 Å². The maximum Gasteiger partial charge on any atom is 0.283 e.